The summed E-state index contributed by atoms with van der Waals surface area (Å²) in [5.41, 5.74) is 6.07. The van der Waals surface area contributed by atoms with Gasteiger partial charge in [-0.25, -0.2) is 13.4 Å². The predicted octanol–water partition coefficient (Wildman–Crippen LogP) is 0.377. The fourth-order valence-electron chi connectivity index (χ4n) is 2.46. The highest BCUT2D eigenvalue weighted by molar-refractivity contribution is 7.91. The Labute approximate surface area is 102 Å². The number of imidazole rings is 1. The van der Waals surface area contributed by atoms with Crippen LogP contribution in [0.4, 0.5) is 0 Å². The predicted molar refractivity (Wildman–Crippen MR) is 66.6 cm³/mol. The molecule has 5 nitrogen and oxygen atoms in total. The Morgan fingerprint density at radius 2 is 2.35 bits per heavy atom. The zero-order valence-electron chi connectivity index (χ0n) is 10.1. The van der Waals surface area contributed by atoms with Crippen LogP contribution >= 0.6 is 0 Å². The smallest absolute Gasteiger partial charge is 0.151 e. The van der Waals surface area contributed by atoms with Gasteiger partial charge in [0.05, 0.1) is 11.5 Å². The molecule has 3 N–H and O–H groups in total. The molecule has 0 spiro atoms. The van der Waals surface area contributed by atoms with Crippen LogP contribution in [0.15, 0.2) is 6.20 Å². The minimum Gasteiger partial charge on any atom is -0.345 e. The van der Waals surface area contributed by atoms with Gasteiger partial charge in [-0.2, -0.15) is 0 Å². The van der Waals surface area contributed by atoms with Crippen molar-refractivity contribution in [3.63, 3.8) is 0 Å². The Balaban J connectivity index is 2.24. The largest absolute Gasteiger partial charge is 0.345 e. The number of nitrogens with one attached hydrogen (secondary N) is 1. The first-order valence-corrected chi connectivity index (χ1v) is 7.72. The average Bonchev–Trinajstić information content (AvgIpc) is 2.65. The first-order valence-electron chi connectivity index (χ1n) is 5.90. The van der Waals surface area contributed by atoms with Crippen molar-refractivity contribution in [2.75, 3.05) is 18.1 Å². The molecular formula is C11H19N3O2S. The lowest BCUT2D eigenvalue weighted by molar-refractivity contribution is 0.435. The molecule has 1 atom stereocenters. The Morgan fingerprint density at radius 1 is 1.59 bits per heavy atom. The molecule has 2 heterocycles. The van der Waals surface area contributed by atoms with Crippen LogP contribution in [0.2, 0.25) is 0 Å². The lowest BCUT2D eigenvalue weighted by atomic mass is 9.84. The number of sulfone groups is 1. The standard InChI is InChI=1S/C11H19N3O2S/c1-11(4-2-6-17(15,16)8-11)9-7-13-10(14-9)3-5-12/h7H,2-6,8,12H2,1H3,(H,13,14). The molecule has 0 aliphatic carbocycles. The van der Waals surface area contributed by atoms with E-state index in [0.29, 0.717) is 18.7 Å². The zero-order valence-corrected chi connectivity index (χ0v) is 10.9. The molecule has 6 heteroatoms. The SMILES string of the molecule is CC1(c2cnc(CCN)[nH]2)CCCS(=O)(=O)C1. The number of nitrogens with zero attached hydrogens (tertiary/aromatic N) is 1. The van der Waals surface area contributed by atoms with E-state index >= 15 is 0 Å². The number of hydrogen-bond donors (Lipinski definition) is 2. The molecule has 0 bridgehead atoms. The fraction of sp³-hybridized carbons (Fsp3) is 0.727. The molecular weight excluding hydrogens is 238 g/mol. The van der Waals surface area contributed by atoms with E-state index in [1.807, 2.05) is 6.92 Å². The van der Waals surface area contributed by atoms with Crippen LogP contribution in [0.5, 0.6) is 0 Å². The van der Waals surface area contributed by atoms with Crippen molar-refractivity contribution in [1.29, 1.82) is 0 Å². The third-order valence-corrected chi connectivity index (χ3v) is 5.37. The quantitative estimate of drug-likeness (QED) is 0.819. The number of H-pyrrole nitrogens is 1. The van der Waals surface area contributed by atoms with Crippen LogP contribution in [0, 0.1) is 0 Å². The Bertz CT molecular complexity index is 495. The van der Waals surface area contributed by atoms with Gasteiger partial charge in [-0.15, -0.1) is 0 Å². The van der Waals surface area contributed by atoms with E-state index in [2.05, 4.69) is 9.97 Å². The second kappa shape index (κ2) is 4.42. The summed E-state index contributed by atoms with van der Waals surface area (Å²) < 4.78 is 23.4. The van der Waals surface area contributed by atoms with Gasteiger partial charge in [0.15, 0.2) is 9.84 Å². The summed E-state index contributed by atoms with van der Waals surface area (Å²) in [7, 11) is -2.91. The van der Waals surface area contributed by atoms with E-state index in [4.69, 9.17) is 5.73 Å². The normalized spacial score (nSPS) is 28.1. The van der Waals surface area contributed by atoms with Crippen molar-refractivity contribution in [2.45, 2.75) is 31.6 Å². The number of aromatic amines is 1. The molecule has 0 radical (unpaired) electrons. The summed E-state index contributed by atoms with van der Waals surface area (Å²) >= 11 is 0. The highest BCUT2D eigenvalue weighted by atomic mass is 32.2. The first kappa shape index (κ1) is 12.6. The maximum Gasteiger partial charge on any atom is 0.151 e. The number of aromatic nitrogens is 2. The van der Waals surface area contributed by atoms with Crippen molar-refractivity contribution in [1.82, 2.24) is 9.97 Å². The third kappa shape index (κ3) is 2.69. The van der Waals surface area contributed by atoms with E-state index in [-0.39, 0.29) is 11.2 Å². The summed E-state index contributed by atoms with van der Waals surface area (Å²) in [6, 6.07) is 0. The summed E-state index contributed by atoms with van der Waals surface area (Å²) in [5.74, 6) is 1.36. The molecule has 2 rings (SSSR count). The molecule has 1 unspecified atom stereocenters. The van der Waals surface area contributed by atoms with Crippen molar-refractivity contribution in [3.8, 4) is 0 Å². The highest BCUT2D eigenvalue weighted by Crippen LogP contribution is 2.33. The number of hydrogen-bond acceptors (Lipinski definition) is 4. The van der Waals surface area contributed by atoms with Crippen LogP contribution in [-0.4, -0.2) is 36.4 Å². The highest BCUT2D eigenvalue weighted by Gasteiger charge is 2.37. The van der Waals surface area contributed by atoms with Gasteiger partial charge in [-0.05, 0) is 19.4 Å². The van der Waals surface area contributed by atoms with E-state index in [9.17, 15) is 8.42 Å². The minimum absolute atomic E-state index is 0.213. The summed E-state index contributed by atoms with van der Waals surface area (Å²) in [4.78, 5) is 7.45. The van der Waals surface area contributed by atoms with Gasteiger partial charge in [0.2, 0.25) is 0 Å². The molecule has 1 aliphatic rings. The molecule has 17 heavy (non-hydrogen) atoms. The maximum atomic E-state index is 11.7. The van der Waals surface area contributed by atoms with Crippen LogP contribution < -0.4 is 5.73 Å². The van der Waals surface area contributed by atoms with E-state index in [1.54, 1.807) is 6.20 Å². The number of nitrogens with two attached hydrogens (primary N) is 1. The Morgan fingerprint density at radius 3 is 3.00 bits per heavy atom. The van der Waals surface area contributed by atoms with Gasteiger partial charge in [0.1, 0.15) is 5.82 Å². The topological polar surface area (TPSA) is 88.8 Å². The first-order chi connectivity index (χ1) is 7.95. The minimum atomic E-state index is -2.91. The van der Waals surface area contributed by atoms with Gasteiger partial charge in [0.25, 0.3) is 0 Å². The van der Waals surface area contributed by atoms with Crippen molar-refractivity contribution < 1.29 is 8.42 Å². The van der Waals surface area contributed by atoms with Crippen LogP contribution in [0.3, 0.4) is 0 Å². The third-order valence-electron chi connectivity index (χ3n) is 3.38. The van der Waals surface area contributed by atoms with Gasteiger partial charge in [0, 0.05) is 23.7 Å². The molecule has 1 saturated heterocycles. The van der Waals surface area contributed by atoms with Crippen LogP contribution in [0.25, 0.3) is 0 Å². The van der Waals surface area contributed by atoms with Crippen molar-refractivity contribution >= 4 is 9.84 Å². The lowest BCUT2D eigenvalue weighted by Crippen LogP contribution is -2.37. The Kier molecular flexibility index (Phi) is 3.27. The van der Waals surface area contributed by atoms with Crippen LogP contribution in [-0.2, 0) is 21.7 Å². The Hall–Kier alpha value is -0.880. The van der Waals surface area contributed by atoms with Crippen molar-refractivity contribution in [3.05, 3.63) is 17.7 Å². The number of rotatable bonds is 3. The molecule has 1 aliphatic heterocycles. The van der Waals surface area contributed by atoms with E-state index in [0.717, 1.165) is 24.4 Å². The van der Waals surface area contributed by atoms with Gasteiger partial charge in [-0.3, -0.25) is 0 Å². The zero-order chi connectivity index (χ0) is 12.5. The molecule has 0 aromatic carbocycles. The summed E-state index contributed by atoms with van der Waals surface area (Å²) in [6.07, 6.45) is 4.06. The second-order valence-corrected chi connectivity index (χ2v) is 7.22. The van der Waals surface area contributed by atoms with Gasteiger partial charge < -0.3 is 10.7 Å². The monoisotopic (exact) mass is 257 g/mol. The summed E-state index contributed by atoms with van der Waals surface area (Å²) in [6.45, 7) is 2.53. The molecule has 0 amide bonds. The molecule has 0 saturated carbocycles. The molecule has 1 aromatic heterocycles. The lowest BCUT2D eigenvalue weighted by Gasteiger charge is -2.32. The molecule has 96 valence electrons. The summed E-state index contributed by atoms with van der Waals surface area (Å²) in [5, 5.41) is 0. The van der Waals surface area contributed by atoms with Crippen LogP contribution in [0.1, 0.15) is 31.3 Å². The van der Waals surface area contributed by atoms with Gasteiger partial charge in [-0.1, -0.05) is 6.92 Å². The van der Waals surface area contributed by atoms with E-state index < -0.39 is 9.84 Å². The van der Waals surface area contributed by atoms with Crippen molar-refractivity contribution in [2.24, 2.45) is 5.73 Å². The fourth-order valence-corrected chi connectivity index (χ4v) is 4.46. The van der Waals surface area contributed by atoms with Gasteiger partial charge >= 0.3 is 0 Å². The maximum absolute atomic E-state index is 11.7. The second-order valence-electron chi connectivity index (χ2n) is 5.04. The van der Waals surface area contributed by atoms with E-state index in [1.165, 1.54) is 0 Å². The molecule has 1 aromatic rings. The molecule has 1 fully saturated rings. The average molecular weight is 257 g/mol.